The third-order valence-electron chi connectivity index (χ3n) is 3.44. The molecular formula is C14H29NO2. The molecule has 17 heavy (non-hydrogen) atoms. The summed E-state index contributed by atoms with van der Waals surface area (Å²) >= 11 is 0. The molecule has 0 rings (SSSR count). The fourth-order valence-corrected chi connectivity index (χ4v) is 2.11. The number of aliphatic hydroxyl groups is 1. The van der Waals surface area contributed by atoms with Crippen molar-refractivity contribution in [1.82, 2.24) is 5.32 Å². The van der Waals surface area contributed by atoms with E-state index < -0.39 is 5.41 Å². The number of hydrogen-bond acceptors (Lipinski definition) is 2. The molecule has 3 heteroatoms. The zero-order valence-corrected chi connectivity index (χ0v) is 12.5. The number of amides is 1. The van der Waals surface area contributed by atoms with Crippen LogP contribution in [0.5, 0.6) is 0 Å². The van der Waals surface area contributed by atoms with Gasteiger partial charge in [-0.1, -0.05) is 48.5 Å². The molecule has 0 saturated heterocycles. The molecule has 0 spiro atoms. The largest absolute Gasteiger partial charge is 0.395 e. The Hall–Kier alpha value is -0.570. The maximum atomic E-state index is 12.3. The maximum Gasteiger partial charge on any atom is 0.226 e. The van der Waals surface area contributed by atoms with Crippen molar-refractivity contribution in [3.63, 3.8) is 0 Å². The van der Waals surface area contributed by atoms with Gasteiger partial charge in [0.25, 0.3) is 0 Å². The lowest BCUT2D eigenvalue weighted by Gasteiger charge is -2.44. The van der Waals surface area contributed by atoms with Crippen molar-refractivity contribution in [3.8, 4) is 0 Å². The summed E-state index contributed by atoms with van der Waals surface area (Å²) in [5.41, 5.74) is -0.446. The maximum absolute atomic E-state index is 12.3. The summed E-state index contributed by atoms with van der Waals surface area (Å²) in [5, 5.41) is 11.6. The van der Waals surface area contributed by atoms with Crippen molar-refractivity contribution in [2.24, 2.45) is 16.2 Å². The number of nitrogens with one attached hydrogen (secondary N) is 1. The van der Waals surface area contributed by atoms with E-state index in [4.69, 9.17) is 5.11 Å². The van der Waals surface area contributed by atoms with E-state index in [2.05, 4.69) is 46.9 Å². The minimum Gasteiger partial charge on any atom is -0.395 e. The predicted molar refractivity (Wildman–Crippen MR) is 71.7 cm³/mol. The van der Waals surface area contributed by atoms with Gasteiger partial charge in [-0.05, 0) is 17.3 Å². The molecule has 0 fully saturated rings. The predicted octanol–water partition coefficient (Wildman–Crippen LogP) is 2.58. The Balaban J connectivity index is 5.05. The van der Waals surface area contributed by atoms with E-state index in [1.54, 1.807) is 0 Å². The lowest BCUT2D eigenvalue weighted by atomic mass is 9.61. The summed E-state index contributed by atoms with van der Waals surface area (Å²) in [6.45, 7) is 15.1. The van der Waals surface area contributed by atoms with Crippen LogP contribution in [0.4, 0.5) is 0 Å². The molecule has 0 bridgehead atoms. The first-order valence-electron chi connectivity index (χ1n) is 6.33. The molecule has 3 nitrogen and oxygen atoms in total. The van der Waals surface area contributed by atoms with Gasteiger partial charge in [-0.2, -0.15) is 0 Å². The van der Waals surface area contributed by atoms with E-state index in [9.17, 15) is 4.79 Å². The molecule has 0 aliphatic rings. The Labute approximate surface area is 106 Å². The fraction of sp³-hybridized carbons (Fsp3) is 0.929. The summed E-state index contributed by atoms with van der Waals surface area (Å²) in [5.74, 6) is 0.0361. The Kier molecular flexibility index (Phi) is 5.20. The third-order valence-corrected chi connectivity index (χ3v) is 3.44. The van der Waals surface area contributed by atoms with Crippen LogP contribution in [0.3, 0.4) is 0 Å². The van der Waals surface area contributed by atoms with Gasteiger partial charge in [0.1, 0.15) is 0 Å². The monoisotopic (exact) mass is 243 g/mol. The molecule has 1 unspecified atom stereocenters. The standard InChI is InChI=1S/C14H29NO2/c1-12(2,3)10-14(7,13(4,5)6)11(17)15-8-9-16/h16H,8-10H2,1-7H3,(H,15,17). The van der Waals surface area contributed by atoms with E-state index >= 15 is 0 Å². The van der Waals surface area contributed by atoms with Gasteiger partial charge in [-0.25, -0.2) is 0 Å². The van der Waals surface area contributed by atoms with Crippen molar-refractivity contribution in [1.29, 1.82) is 0 Å². The van der Waals surface area contributed by atoms with Crippen LogP contribution in [0.1, 0.15) is 54.9 Å². The van der Waals surface area contributed by atoms with Crippen LogP contribution < -0.4 is 5.32 Å². The van der Waals surface area contributed by atoms with E-state index in [-0.39, 0.29) is 23.3 Å². The minimum atomic E-state index is -0.430. The lowest BCUT2D eigenvalue weighted by molar-refractivity contribution is -0.139. The SMILES string of the molecule is CC(C)(C)CC(C)(C(=O)NCCO)C(C)(C)C. The second-order valence-corrected chi connectivity index (χ2v) is 7.30. The Bertz CT molecular complexity index is 260. The highest BCUT2D eigenvalue weighted by Crippen LogP contribution is 2.46. The molecule has 0 saturated carbocycles. The minimum absolute atomic E-state index is 0.0124. The van der Waals surface area contributed by atoms with Gasteiger partial charge in [-0.3, -0.25) is 4.79 Å². The second kappa shape index (κ2) is 5.38. The van der Waals surface area contributed by atoms with Crippen molar-refractivity contribution in [2.45, 2.75) is 54.9 Å². The average molecular weight is 243 g/mol. The Morgan fingerprint density at radius 1 is 1.06 bits per heavy atom. The van der Waals surface area contributed by atoms with Gasteiger partial charge < -0.3 is 10.4 Å². The summed E-state index contributed by atoms with van der Waals surface area (Å²) in [6.07, 6.45) is 0.820. The molecule has 0 heterocycles. The molecule has 0 aliphatic heterocycles. The smallest absolute Gasteiger partial charge is 0.226 e. The normalized spacial score (nSPS) is 16.5. The van der Waals surface area contributed by atoms with Crippen molar-refractivity contribution in [3.05, 3.63) is 0 Å². The molecule has 2 N–H and O–H groups in total. The van der Waals surface area contributed by atoms with Gasteiger partial charge in [0.05, 0.1) is 12.0 Å². The van der Waals surface area contributed by atoms with Crippen LogP contribution >= 0.6 is 0 Å². The van der Waals surface area contributed by atoms with Crippen LogP contribution in [0.2, 0.25) is 0 Å². The quantitative estimate of drug-likeness (QED) is 0.797. The highest BCUT2D eigenvalue weighted by atomic mass is 16.3. The van der Waals surface area contributed by atoms with Crippen LogP contribution in [0.15, 0.2) is 0 Å². The summed E-state index contributed by atoms with van der Waals surface area (Å²) in [4.78, 5) is 12.3. The zero-order chi connectivity index (χ0) is 13.9. The van der Waals surface area contributed by atoms with Crippen LogP contribution in [0, 0.1) is 16.2 Å². The van der Waals surface area contributed by atoms with E-state index in [1.165, 1.54) is 0 Å². The van der Waals surface area contributed by atoms with E-state index in [0.717, 1.165) is 6.42 Å². The summed E-state index contributed by atoms with van der Waals surface area (Å²) < 4.78 is 0. The lowest BCUT2D eigenvalue weighted by Crippen LogP contribution is -2.49. The first-order chi connectivity index (χ1) is 7.44. The fourth-order valence-electron chi connectivity index (χ4n) is 2.11. The highest BCUT2D eigenvalue weighted by molar-refractivity contribution is 5.83. The van der Waals surface area contributed by atoms with Gasteiger partial charge in [0, 0.05) is 6.54 Å². The van der Waals surface area contributed by atoms with E-state index in [1.807, 2.05) is 6.92 Å². The Morgan fingerprint density at radius 2 is 1.53 bits per heavy atom. The third kappa shape index (κ3) is 4.66. The topological polar surface area (TPSA) is 49.3 Å². The molecule has 102 valence electrons. The Morgan fingerprint density at radius 3 is 1.82 bits per heavy atom. The first-order valence-corrected chi connectivity index (χ1v) is 6.33. The van der Waals surface area contributed by atoms with Crippen LogP contribution in [-0.4, -0.2) is 24.2 Å². The van der Waals surface area contributed by atoms with Gasteiger partial charge in [-0.15, -0.1) is 0 Å². The number of carbonyl (C=O) groups is 1. The molecule has 0 radical (unpaired) electrons. The molecule has 1 amide bonds. The van der Waals surface area contributed by atoms with E-state index in [0.29, 0.717) is 6.54 Å². The molecular weight excluding hydrogens is 214 g/mol. The average Bonchev–Trinajstić information content (AvgIpc) is 2.09. The molecule has 0 aromatic rings. The summed E-state index contributed by atoms with van der Waals surface area (Å²) in [7, 11) is 0. The van der Waals surface area contributed by atoms with Gasteiger partial charge in [0.15, 0.2) is 0 Å². The van der Waals surface area contributed by atoms with Crippen LogP contribution in [0.25, 0.3) is 0 Å². The molecule has 1 atom stereocenters. The second-order valence-electron chi connectivity index (χ2n) is 7.30. The number of aliphatic hydroxyl groups excluding tert-OH is 1. The summed E-state index contributed by atoms with van der Waals surface area (Å²) in [6, 6.07) is 0. The number of carbonyl (C=O) groups excluding carboxylic acids is 1. The number of rotatable bonds is 4. The van der Waals surface area contributed by atoms with Crippen molar-refractivity contribution >= 4 is 5.91 Å². The van der Waals surface area contributed by atoms with Crippen LogP contribution in [-0.2, 0) is 4.79 Å². The number of hydrogen-bond donors (Lipinski definition) is 2. The highest BCUT2D eigenvalue weighted by Gasteiger charge is 2.46. The zero-order valence-electron chi connectivity index (χ0n) is 12.5. The molecule has 0 aromatic carbocycles. The van der Waals surface area contributed by atoms with Gasteiger partial charge in [0.2, 0.25) is 5.91 Å². The van der Waals surface area contributed by atoms with Crippen molar-refractivity contribution < 1.29 is 9.90 Å². The molecule has 0 aliphatic carbocycles. The first kappa shape index (κ1) is 16.4. The van der Waals surface area contributed by atoms with Gasteiger partial charge >= 0.3 is 0 Å². The molecule has 0 aromatic heterocycles. The van der Waals surface area contributed by atoms with Crippen molar-refractivity contribution in [2.75, 3.05) is 13.2 Å².